The molecule has 1 saturated heterocycles. The molecule has 0 radical (unpaired) electrons. The van der Waals surface area contributed by atoms with Gasteiger partial charge in [-0.25, -0.2) is 9.59 Å². The van der Waals surface area contributed by atoms with E-state index in [1.165, 1.54) is 18.2 Å². The number of carbonyl (C=O) groups is 2. The molecule has 0 amide bonds. The second-order valence-corrected chi connectivity index (χ2v) is 3.91. The first kappa shape index (κ1) is 11.6. The quantitative estimate of drug-likeness (QED) is 0.837. The van der Waals surface area contributed by atoms with Gasteiger partial charge in [-0.1, -0.05) is 0 Å². The van der Waals surface area contributed by atoms with Crippen molar-refractivity contribution in [2.24, 2.45) is 0 Å². The van der Waals surface area contributed by atoms with Crippen LogP contribution in [0.5, 0.6) is 0 Å². The van der Waals surface area contributed by atoms with Crippen LogP contribution in [0.2, 0.25) is 0 Å². The summed E-state index contributed by atoms with van der Waals surface area (Å²) in [4.78, 5) is 21.9. The Balaban J connectivity index is 2.46. The third-order valence-electron chi connectivity index (χ3n) is 2.81. The fourth-order valence-electron chi connectivity index (χ4n) is 1.98. The summed E-state index contributed by atoms with van der Waals surface area (Å²) in [7, 11) is 0. The number of carboxylic acids is 2. The highest BCUT2D eigenvalue weighted by Crippen LogP contribution is 2.31. The highest BCUT2D eigenvalue weighted by molar-refractivity contribution is 5.93. The van der Waals surface area contributed by atoms with Crippen LogP contribution >= 0.6 is 0 Å². The molecule has 1 atom stereocenters. The van der Waals surface area contributed by atoms with E-state index in [-0.39, 0.29) is 17.2 Å². The van der Waals surface area contributed by atoms with E-state index in [9.17, 15) is 9.59 Å². The Hall–Kier alpha value is -1.88. The highest BCUT2D eigenvalue weighted by Gasteiger charge is 2.24. The smallest absolute Gasteiger partial charge is 0.336 e. The Labute approximate surface area is 97.6 Å². The zero-order valence-corrected chi connectivity index (χ0v) is 9.05. The molecule has 2 rings (SSSR count). The highest BCUT2D eigenvalue weighted by atomic mass is 16.5. The van der Waals surface area contributed by atoms with Crippen molar-refractivity contribution in [3.8, 4) is 0 Å². The van der Waals surface area contributed by atoms with Crippen LogP contribution in [0.1, 0.15) is 45.2 Å². The van der Waals surface area contributed by atoms with E-state index in [1.54, 1.807) is 0 Å². The summed E-state index contributed by atoms with van der Waals surface area (Å²) in [5.41, 5.74) is 0.650. The molecule has 5 heteroatoms. The van der Waals surface area contributed by atoms with Crippen LogP contribution in [0.3, 0.4) is 0 Å². The summed E-state index contributed by atoms with van der Waals surface area (Å²) < 4.78 is 5.41. The predicted molar refractivity (Wildman–Crippen MR) is 58.3 cm³/mol. The first-order valence-electron chi connectivity index (χ1n) is 5.31. The molecular formula is C12H12O5. The van der Waals surface area contributed by atoms with Gasteiger partial charge in [0.1, 0.15) is 0 Å². The third-order valence-corrected chi connectivity index (χ3v) is 2.81. The molecule has 0 aromatic heterocycles. The van der Waals surface area contributed by atoms with Crippen molar-refractivity contribution in [1.82, 2.24) is 0 Å². The van der Waals surface area contributed by atoms with E-state index in [0.29, 0.717) is 12.2 Å². The Kier molecular flexibility index (Phi) is 3.10. The largest absolute Gasteiger partial charge is 0.478 e. The van der Waals surface area contributed by atoms with E-state index < -0.39 is 11.9 Å². The Morgan fingerprint density at radius 2 is 2.00 bits per heavy atom. The van der Waals surface area contributed by atoms with Gasteiger partial charge in [0.05, 0.1) is 17.2 Å². The van der Waals surface area contributed by atoms with Gasteiger partial charge in [-0.2, -0.15) is 0 Å². The van der Waals surface area contributed by atoms with Gasteiger partial charge in [-0.3, -0.25) is 0 Å². The molecular weight excluding hydrogens is 224 g/mol. The van der Waals surface area contributed by atoms with Gasteiger partial charge in [-0.05, 0) is 36.6 Å². The minimum Gasteiger partial charge on any atom is -0.478 e. The summed E-state index contributed by atoms with van der Waals surface area (Å²) in [5, 5.41) is 17.9. The summed E-state index contributed by atoms with van der Waals surface area (Å²) in [5.74, 6) is -2.13. The fourth-order valence-corrected chi connectivity index (χ4v) is 1.98. The lowest BCUT2D eigenvalue weighted by molar-refractivity contribution is 0.0669. The van der Waals surface area contributed by atoms with Crippen LogP contribution in [-0.2, 0) is 4.74 Å². The minimum absolute atomic E-state index is 0.0838. The van der Waals surface area contributed by atoms with E-state index in [1.807, 2.05) is 0 Å². The maximum atomic E-state index is 11.1. The summed E-state index contributed by atoms with van der Waals surface area (Å²) in [6, 6.07) is 4.01. The fraction of sp³-hybridized carbons (Fsp3) is 0.333. The maximum absolute atomic E-state index is 11.1. The normalized spacial score (nSPS) is 19.2. The minimum atomic E-state index is -1.07. The molecule has 1 fully saturated rings. The molecule has 90 valence electrons. The number of hydrogen-bond acceptors (Lipinski definition) is 3. The van der Waals surface area contributed by atoms with Crippen LogP contribution in [0.4, 0.5) is 0 Å². The molecule has 0 bridgehead atoms. The van der Waals surface area contributed by atoms with Gasteiger partial charge in [0.25, 0.3) is 0 Å². The first-order valence-corrected chi connectivity index (χ1v) is 5.31. The van der Waals surface area contributed by atoms with Crippen molar-refractivity contribution in [3.63, 3.8) is 0 Å². The van der Waals surface area contributed by atoms with Gasteiger partial charge in [0.15, 0.2) is 0 Å². The van der Waals surface area contributed by atoms with E-state index >= 15 is 0 Å². The van der Waals surface area contributed by atoms with Gasteiger partial charge in [-0.15, -0.1) is 0 Å². The summed E-state index contributed by atoms with van der Waals surface area (Å²) in [6.07, 6.45) is 1.28. The van der Waals surface area contributed by atoms with E-state index in [4.69, 9.17) is 14.9 Å². The lowest BCUT2D eigenvalue weighted by atomic mass is 9.98. The topological polar surface area (TPSA) is 83.8 Å². The first-order chi connectivity index (χ1) is 8.09. The SMILES string of the molecule is O=C(O)c1ccc(C(=O)O)c(C2CCCO2)c1. The molecule has 1 aliphatic rings. The van der Waals surface area contributed by atoms with Gasteiger partial charge < -0.3 is 14.9 Å². The Bertz CT molecular complexity index is 460. The van der Waals surface area contributed by atoms with Crippen molar-refractivity contribution < 1.29 is 24.5 Å². The molecule has 1 aromatic rings. The number of hydrogen-bond donors (Lipinski definition) is 2. The molecule has 1 heterocycles. The summed E-state index contributed by atoms with van der Waals surface area (Å²) in [6.45, 7) is 0.584. The van der Waals surface area contributed by atoms with Gasteiger partial charge >= 0.3 is 11.9 Å². The van der Waals surface area contributed by atoms with E-state index in [2.05, 4.69) is 0 Å². The van der Waals surface area contributed by atoms with Crippen LogP contribution in [-0.4, -0.2) is 28.8 Å². The molecule has 1 unspecified atom stereocenters. The molecule has 17 heavy (non-hydrogen) atoms. The van der Waals surface area contributed by atoms with E-state index in [0.717, 1.165) is 12.8 Å². The van der Waals surface area contributed by atoms with Crippen LogP contribution in [0.25, 0.3) is 0 Å². The average molecular weight is 236 g/mol. The van der Waals surface area contributed by atoms with Crippen LogP contribution in [0, 0.1) is 0 Å². The Morgan fingerprint density at radius 3 is 2.53 bits per heavy atom. The second-order valence-electron chi connectivity index (χ2n) is 3.91. The van der Waals surface area contributed by atoms with Crippen molar-refractivity contribution in [3.05, 3.63) is 34.9 Å². The molecule has 2 N–H and O–H groups in total. The number of rotatable bonds is 3. The molecule has 0 spiro atoms. The zero-order chi connectivity index (χ0) is 12.4. The van der Waals surface area contributed by atoms with Crippen LogP contribution in [0.15, 0.2) is 18.2 Å². The molecule has 1 aromatic carbocycles. The monoisotopic (exact) mass is 236 g/mol. The summed E-state index contributed by atoms with van der Waals surface area (Å²) >= 11 is 0. The van der Waals surface area contributed by atoms with Crippen molar-refractivity contribution in [2.45, 2.75) is 18.9 Å². The molecule has 1 aliphatic heterocycles. The number of carboxylic acid groups (broad SMARTS) is 2. The number of ether oxygens (including phenoxy) is 1. The van der Waals surface area contributed by atoms with Crippen LogP contribution < -0.4 is 0 Å². The van der Waals surface area contributed by atoms with Crippen molar-refractivity contribution >= 4 is 11.9 Å². The third kappa shape index (κ3) is 2.29. The van der Waals surface area contributed by atoms with Crippen molar-refractivity contribution in [2.75, 3.05) is 6.61 Å². The Morgan fingerprint density at radius 1 is 1.24 bits per heavy atom. The number of benzene rings is 1. The second kappa shape index (κ2) is 4.55. The molecule has 5 nitrogen and oxygen atoms in total. The zero-order valence-electron chi connectivity index (χ0n) is 9.05. The standard InChI is InChI=1S/C12H12O5/c13-11(14)7-3-4-8(12(15)16)9(6-7)10-2-1-5-17-10/h3-4,6,10H,1-2,5H2,(H,13,14)(H,15,16). The molecule has 0 saturated carbocycles. The predicted octanol–water partition coefficient (Wildman–Crippen LogP) is 1.93. The van der Waals surface area contributed by atoms with Gasteiger partial charge in [0, 0.05) is 6.61 Å². The maximum Gasteiger partial charge on any atom is 0.336 e. The average Bonchev–Trinajstić information content (AvgIpc) is 2.81. The van der Waals surface area contributed by atoms with Gasteiger partial charge in [0.2, 0.25) is 0 Å². The number of aromatic carboxylic acids is 2. The molecule has 0 aliphatic carbocycles. The van der Waals surface area contributed by atoms with Crippen molar-refractivity contribution in [1.29, 1.82) is 0 Å². The lowest BCUT2D eigenvalue weighted by Gasteiger charge is -2.13. The lowest BCUT2D eigenvalue weighted by Crippen LogP contribution is -2.09.